The smallest absolute Gasteiger partial charge is 0.314 e. The van der Waals surface area contributed by atoms with E-state index in [1.165, 1.54) is 6.92 Å². The average molecular weight is 524 g/mol. The van der Waals surface area contributed by atoms with Crippen molar-refractivity contribution in [1.82, 2.24) is 14.7 Å². The fraction of sp³-hybridized carbons (Fsp3) is 0.345. The summed E-state index contributed by atoms with van der Waals surface area (Å²) in [4.78, 5) is 42.5. The normalized spacial score (nSPS) is 21.3. The van der Waals surface area contributed by atoms with Crippen molar-refractivity contribution >= 4 is 11.7 Å². The third-order valence-electron chi connectivity index (χ3n) is 7.47. The van der Waals surface area contributed by atoms with Crippen molar-refractivity contribution in [2.75, 3.05) is 6.54 Å². The molecule has 6 nitrogen and oxygen atoms in total. The van der Waals surface area contributed by atoms with Gasteiger partial charge in [-0.3, -0.25) is 19.5 Å². The Morgan fingerprint density at radius 1 is 0.921 bits per heavy atom. The van der Waals surface area contributed by atoms with Crippen molar-refractivity contribution in [3.8, 4) is 5.69 Å². The summed E-state index contributed by atoms with van der Waals surface area (Å²) in [6.45, 7) is 4.89. The van der Waals surface area contributed by atoms with Crippen LogP contribution in [0, 0.1) is 12.3 Å². The molecule has 0 saturated carbocycles. The van der Waals surface area contributed by atoms with Crippen LogP contribution in [-0.2, 0) is 21.4 Å². The molecule has 1 aliphatic carbocycles. The van der Waals surface area contributed by atoms with Crippen LogP contribution in [-0.4, -0.2) is 39.1 Å². The molecular formula is C29H28F3N3O3. The predicted octanol–water partition coefficient (Wildman–Crippen LogP) is 5.00. The molecule has 38 heavy (non-hydrogen) atoms. The topological polar surface area (TPSA) is 75.2 Å². The Hall–Kier alpha value is -3.88. The molecule has 1 atom stereocenters. The first-order valence-corrected chi connectivity index (χ1v) is 12.5. The van der Waals surface area contributed by atoms with Gasteiger partial charge < -0.3 is 4.90 Å². The monoisotopic (exact) mass is 523 g/mol. The molecule has 2 aromatic carbocycles. The molecule has 1 aliphatic heterocycles. The van der Waals surface area contributed by atoms with Crippen molar-refractivity contribution in [2.45, 2.75) is 51.6 Å². The highest BCUT2D eigenvalue weighted by Crippen LogP contribution is 2.57. The van der Waals surface area contributed by atoms with Crippen molar-refractivity contribution in [3.05, 3.63) is 99.1 Å². The Morgan fingerprint density at radius 2 is 1.53 bits per heavy atom. The quantitative estimate of drug-likeness (QED) is 0.511. The summed E-state index contributed by atoms with van der Waals surface area (Å²) in [5.41, 5.74) is -5.27. The second-order valence-corrected chi connectivity index (χ2v) is 10.8. The Kier molecular flexibility index (Phi) is 6.00. The molecular weight excluding hydrogens is 495 g/mol. The van der Waals surface area contributed by atoms with E-state index < -0.39 is 45.4 Å². The first kappa shape index (κ1) is 25.8. The van der Waals surface area contributed by atoms with E-state index in [9.17, 15) is 14.4 Å². The lowest BCUT2D eigenvalue weighted by Gasteiger charge is -2.35. The number of aromatic nitrogens is 2. The predicted molar refractivity (Wildman–Crippen MR) is 136 cm³/mol. The number of Topliss-reactive ketones (excluding diaryl/α,β-unsaturated/α-hetero) is 1. The SMILES string of the molecule is Cc1[nH]n(-c2ccccc2)c(=O)c1[C@]1(C(F)(F)F)C(=O)N(CCc2ccccc2)C2=C1C(=O)CC(C)(C)C2. The minimum Gasteiger partial charge on any atom is -0.314 e. The Morgan fingerprint density at radius 3 is 2.13 bits per heavy atom. The van der Waals surface area contributed by atoms with E-state index in [0.29, 0.717) is 12.1 Å². The second-order valence-electron chi connectivity index (χ2n) is 10.8. The lowest BCUT2D eigenvalue weighted by Crippen LogP contribution is -2.55. The Balaban J connectivity index is 1.75. The van der Waals surface area contributed by atoms with E-state index in [4.69, 9.17) is 0 Å². The van der Waals surface area contributed by atoms with Crippen molar-refractivity contribution < 1.29 is 22.8 Å². The number of allylic oxidation sites excluding steroid dienone is 1. The van der Waals surface area contributed by atoms with Gasteiger partial charge in [-0.15, -0.1) is 0 Å². The Bertz CT molecular complexity index is 1500. The number of amides is 1. The van der Waals surface area contributed by atoms with Crippen LogP contribution in [0.25, 0.3) is 5.69 Å². The molecule has 1 aromatic heterocycles. The fourth-order valence-corrected chi connectivity index (χ4v) is 5.88. The zero-order chi connectivity index (χ0) is 27.5. The number of carbonyl (C=O) groups is 2. The van der Waals surface area contributed by atoms with Gasteiger partial charge in [0.25, 0.3) is 11.5 Å². The van der Waals surface area contributed by atoms with E-state index in [-0.39, 0.29) is 30.8 Å². The molecule has 198 valence electrons. The van der Waals surface area contributed by atoms with Crippen LogP contribution in [0.2, 0.25) is 0 Å². The van der Waals surface area contributed by atoms with Crippen molar-refractivity contribution in [2.24, 2.45) is 5.41 Å². The number of nitrogens with one attached hydrogen (secondary N) is 1. The zero-order valence-corrected chi connectivity index (χ0v) is 21.4. The largest absolute Gasteiger partial charge is 0.411 e. The zero-order valence-electron chi connectivity index (χ0n) is 21.4. The molecule has 0 unspecified atom stereocenters. The van der Waals surface area contributed by atoms with Crippen molar-refractivity contribution in [1.29, 1.82) is 0 Å². The molecule has 3 aromatic rings. The first-order chi connectivity index (χ1) is 17.9. The summed E-state index contributed by atoms with van der Waals surface area (Å²) in [7, 11) is 0. The summed E-state index contributed by atoms with van der Waals surface area (Å²) in [6, 6.07) is 17.3. The van der Waals surface area contributed by atoms with Crippen LogP contribution in [0.3, 0.4) is 0 Å². The van der Waals surface area contributed by atoms with Gasteiger partial charge in [-0.1, -0.05) is 62.4 Å². The summed E-state index contributed by atoms with van der Waals surface area (Å²) in [5.74, 6) is -2.05. The van der Waals surface area contributed by atoms with Crippen LogP contribution in [0.1, 0.15) is 43.5 Å². The number of halogens is 3. The number of aryl methyl sites for hydroxylation is 1. The maximum Gasteiger partial charge on any atom is 0.411 e. The molecule has 2 heterocycles. The van der Waals surface area contributed by atoms with Gasteiger partial charge in [0.2, 0.25) is 5.41 Å². The van der Waals surface area contributed by atoms with E-state index in [2.05, 4.69) is 5.10 Å². The second kappa shape index (κ2) is 8.85. The highest BCUT2D eigenvalue weighted by atomic mass is 19.4. The number of rotatable bonds is 5. The summed E-state index contributed by atoms with van der Waals surface area (Å²) >= 11 is 0. The minimum atomic E-state index is -5.23. The van der Waals surface area contributed by atoms with Gasteiger partial charge in [-0.25, -0.2) is 4.68 Å². The Labute approximate surface area is 217 Å². The van der Waals surface area contributed by atoms with Crippen molar-refractivity contribution in [3.63, 3.8) is 0 Å². The number of alkyl halides is 3. The molecule has 0 radical (unpaired) electrons. The van der Waals surface area contributed by atoms with Crippen LogP contribution in [0.15, 0.2) is 76.7 Å². The number of aromatic amines is 1. The summed E-state index contributed by atoms with van der Waals surface area (Å²) < 4.78 is 47.2. The average Bonchev–Trinajstić information content (AvgIpc) is 3.28. The minimum absolute atomic E-state index is 0.0424. The van der Waals surface area contributed by atoms with E-state index in [0.717, 1.165) is 15.1 Å². The molecule has 2 aliphatic rings. The van der Waals surface area contributed by atoms with Gasteiger partial charge >= 0.3 is 6.18 Å². The van der Waals surface area contributed by atoms with Gasteiger partial charge in [0.05, 0.1) is 11.3 Å². The van der Waals surface area contributed by atoms with Gasteiger partial charge in [0, 0.05) is 29.9 Å². The maximum absolute atomic E-state index is 15.4. The highest BCUT2D eigenvalue weighted by molar-refractivity contribution is 6.13. The fourth-order valence-electron chi connectivity index (χ4n) is 5.88. The van der Waals surface area contributed by atoms with Crippen LogP contribution in [0.4, 0.5) is 13.2 Å². The molecule has 0 bridgehead atoms. The van der Waals surface area contributed by atoms with E-state index in [1.807, 2.05) is 30.3 Å². The molecule has 0 fully saturated rings. The van der Waals surface area contributed by atoms with Gasteiger partial charge in [-0.2, -0.15) is 13.2 Å². The number of para-hydroxylation sites is 1. The van der Waals surface area contributed by atoms with E-state index >= 15 is 13.2 Å². The summed E-state index contributed by atoms with van der Waals surface area (Å²) in [5, 5.41) is 2.72. The van der Waals surface area contributed by atoms with Crippen LogP contribution < -0.4 is 5.56 Å². The van der Waals surface area contributed by atoms with Crippen LogP contribution in [0.5, 0.6) is 0 Å². The molecule has 5 rings (SSSR count). The number of hydrogen-bond acceptors (Lipinski definition) is 3. The molecule has 0 saturated heterocycles. The number of carbonyl (C=O) groups excluding carboxylic acids is 2. The third kappa shape index (κ3) is 3.83. The van der Waals surface area contributed by atoms with Crippen LogP contribution >= 0.6 is 0 Å². The number of hydrogen-bond donors (Lipinski definition) is 1. The van der Waals surface area contributed by atoms with E-state index in [1.54, 1.807) is 44.2 Å². The molecule has 1 N–H and O–H groups in total. The molecule has 9 heteroatoms. The summed E-state index contributed by atoms with van der Waals surface area (Å²) in [6.07, 6.45) is -4.97. The number of ketones is 1. The standard InChI is InChI=1S/C29H28F3N3O3/c1-18-23(25(37)35(33-18)20-12-8-5-9-13-20)28(29(30,31)32)24-21(16-27(2,3)17-22(24)36)34(26(28)38)15-14-19-10-6-4-7-11-19/h4-13,33H,14-17H2,1-3H3/t28-/m1/s1. The van der Waals surface area contributed by atoms with Gasteiger partial charge in [-0.05, 0) is 42.9 Å². The number of nitrogens with zero attached hydrogens (tertiary/aromatic N) is 2. The lowest BCUT2D eigenvalue weighted by molar-refractivity contribution is -0.189. The first-order valence-electron chi connectivity index (χ1n) is 12.5. The van der Waals surface area contributed by atoms with Gasteiger partial charge in [0.1, 0.15) is 0 Å². The lowest BCUT2D eigenvalue weighted by atomic mass is 9.66. The maximum atomic E-state index is 15.4. The van der Waals surface area contributed by atoms with Gasteiger partial charge in [0.15, 0.2) is 5.78 Å². The highest BCUT2D eigenvalue weighted by Gasteiger charge is 2.73. The molecule has 1 amide bonds. The number of benzene rings is 2. The number of H-pyrrole nitrogens is 1. The third-order valence-corrected chi connectivity index (χ3v) is 7.47. The molecule has 0 spiro atoms.